The second-order valence-electron chi connectivity index (χ2n) is 3.67. The van der Waals surface area contributed by atoms with Crippen molar-refractivity contribution in [3.8, 4) is 0 Å². The molecule has 6 N–H and O–H groups in total. The van der Waals surface area contributed by atoms with E-state index in [-0.39, 0.29) is 25.3 Å². The van der Waals surface area contributed by atoms with E-state index in [1.54, 1.807) is 6.92 Å². The van der Waals surface area contributed by atoms with E-state index < -0.39 is 26.7 Å². The Hall–Kier alpha value is -0.270. The highest BCUT2D eigenvalue weighted by Crippen LogP contribution is 2.69. The van der Waals surface area contributed by atoms with E-state index in [1.807, 2.05) is 0 Å². The van der Waals surface area contributed by atoms with Gasteiger partial charge in [0.05, 0.1) is 0 Å². The van der Waals surface area contributed by atoms with Crippen LogP contribution in [0.2, 0.25) is 0 Å². The van der Waals surface area contributed by atoms with Gasteiger partial charge in [-0.05, 0) is 6.42 Å². The van der Waals surface area contributed by atoms with Gasteiger partial charge >= 0.3 is 15.2 Å². The van der Waals surface area contributed by atoms with E-state index in [9.17, 15) is 19.0 Å². The largest absolute Gasteiger partial charge is 0.369 e. The first kappa shape index (κ1) is 17.7. The fourth-order valence-electron chi connectivity index (χ4n) is 1.14. The van der Waals surface area contributed by atoms with E-state index >= 15 is 0 Å². The molecular weight excluding hydrogens is 288 g/mol. The van der Waals surface area contributed by atoms with Gasteiger partial charge in [0.1, 0.15) is 0 Å². The van der Waals surface area contributed by atoms with Gasteiger partial charge in [-0.2, -0.15) is 0 Å². The predicted molar refractivity (Wildman–Crippen MR) is 61.6 cm³/mol. The minimum Gasteiger partial charge on any atom is -0.368 e. The van der Waals surface area contributed by atoms with Crippen LogP contribution in [0, 0.1) is 0 Å². The molecule has 0 radical (unpaired) electrons. The van der Waals surface area contributed by atoms with Crippen molar-refractivity contribution in [3.63, 3.8) is 0 Å². The highest BCUT2D eigenvalue weighted by Gasteiger charge is 2.58. The van der Waals surface area contributed by atoms with Crippen molar-refractivity contribution < 1.29 is 38.6 Å². The molecule has 0 rings (SSSR count). The van der Waals surface area contributed by atoms with Crippen molar-refractivity contribution in [3.05, 3.63) is 0 Å². The molecule has 0 atom stereocenters. The van der Waals surface area contributed by atoms with Crippen LogP contribution >= 0.6 is 15.2 Å². The molecule has 0 fully saturated rings. The first-order valence-electron chi connectivity index (χ1n) is 5.06. The van der Waals surface area contributed by atoms with Crippen LogP contribution in [0.3, 0.4) is 0 Å². The average Bonchev–Trinajstić information content (AvgIpc) is 2.20. The Morgan fingerprint density at radius 3 is 1.94 bits per heavy atom. The molecule has 18 heavy (non-hydrogen) atoms. The maximum atomic E-state index is 10.9. The predicted octanol–water partition coefficient (Wildman–Crippen LogP) is -0.706. The topological polar surface area (TPSA) is 164 Å². The molecule has 0 aliphatic rings. The second kappa shape index (κ2) is 6.25. The lowest BCUT2D eigenvalue weighted by Crippen LogP contribution is -2.31. The van der Waals surface area contributed by atoms with Gasteiger partial charge in [-0.3, -0.25) is 13.9 Å². The van der Waals surface area contributed by atoms with Crippen molar-refractivity contribution in [2.24, 2.45) is 0 Å². The molecular formula is C7H17NO8P2. The Bertz CT molecular complexity index is 363. The van der Waals surface area contributed by atoms with Gasteiger partial charge in [0.25, 0.3) is 5.08 Å². The van der Waals surface area contributed by atoms with Gasteiger partial charge in [-0.1, -0.05) is 6.92 Å². The number of aliphatic hydroxyl groups is 1. The Kier molecular flexibility index (Phi) is 6.16. The quantitative estimate of drug-likeness (QED) is 0.265. The van der Waals surface area contributed by atoms with Gasteiger partial charge in [-0.25, -0.2) is 0 Å². The molecule has 0 heterocycles. The molecule has 0 unspecified atom stereocenters. The zero-order valence-electron chi connectivity index (χ0n) is 9.68. The number of hydrogen-bond acceptors (Lipinski definition) is 4. The molecule has 0 saturated carbocycles. The average molecular weight is 305 g/mol. The third-order valence-corrected chi connectivity index (χ3v) is 6.14. The monoisotopic (exact) mass is 305 g/mol. The maximum Gasteiger partial charge on any atom is 0.369 e. The summed E-state index contributed by atoms with van der Waals surface area (Å²) in [6, 6.07) is 0. The second-order valence-corrected chi connectivity index (χ2v) is 7.68. The van der Waals surface area contributed by atoms with Crippen molar-refractivity contribution in [1.82, 2.24) is 5.32 Å². The minimum absolute atomic E-state index is 0.0466. The van der Waals surface area contributed by atoms with Gasteiger partial charge in [0.15, 0.2) is 0 Å². The summed E-state index contributed by atoms with van der Waals surface area (Å²) >= 11 is 0. The van der Waals surface area contributed by atoms with Crippen LogP contribution in [0.1, 0.15) is 26.2 Å². The Morgan fingerprint density at radius 2 is 1.61 bits per heavy atom. The molecule has 0 aliphatic heterocycles. The van der Waals surface area contributed by atoms with Gasteiger partial charge in [0, 0.05) is 19.4 Å². The molecule has 0 aliphatic carbocycles. The van der Waals surface area contributed by atoms with E-state index in [1.165, 1.54) is 0 Å². The standard InChI is InChI=1S/C7H17NO8P2/c1-2-6(9)8-5-3-4-7(10,17(11,12)13)18(14,15)16/h10H,2-5H2,1H3,(H,8,9)(H2,11,12,13)(H2,14,15,16). The summed E-state index contributed by atoms with van der Waals surface area (Å²) in [5.41, 5.74) is 0. The van der Waals surface area contributed by atoms with Crippen LogP contribution in [0.25, 0.3) is 0 Å². The summed E-state index contributed by atoms with van der Waals surface area (Å²) in [4.78, 5) is 46.1. The van der Waals surface area contributed by atoms with E-state index in [0.29, 0.717) is 0 Å². The summed E-state index contributed by atoms with van der Waals surface area (Å²) in [5, 5.41) is 8.41. The van der Waals surface area contributed by atoms with E-state index in [2.05, 4.69) is 5.32 Å². The summed E-state index contributed by atoms with van der Waals surface area (Å²) in [6.45, 7) is 1.55. The van der Waals surface area contributed by atoms with Crippen LogP contribution in [-0.2, 0) is 13.9 Å². The zero-order valence-corrected chi connectivity index (χ0v) is 11.5. The number of carbonyl (C=O) groups is 1. The first-order chi connectivity index (χ1) is 7.95. The third kappa shape index (κ3) is 4.44. The zero-order chi connectivity index (χ0) is 14.6. The summed E-state index contributed by atoms with van der Waals surface area (Å²) in [5.74, 6) is -0.314. The molecule has 0 aromatic rings. The number of amides is 1. The molecule has 0 aromatic heterocycles. The number of hydrogen-bond donors (Lipinski definition) is 6. The van der Waals surface area contributed by atoms with Crippen molar-refractivity contribution in [2.45, 2.75) is 31.3 Å². The molecule has 9 nitrogen and oxygen atoms in total. The number of rotatable bonds is 7. The first-order valence-corrected chi connectivity index (χ1v) is 8.28. The molecule has 0 spiro atoms. The number of carbonyl (C=O) groups excluding carboxylic acids is 1. The highest BCUT2D eigenvalue weighted by molar-refractivity contribution is 7.72. The van der Waals surface area contributed by atoms with Crippen LogP contribution in [-0.4, -0.2) is 42.2 Å². The van der Waals surface area contributed by atoms with Crippen LogP contribution in [0.5, 0.6) is 0 Å². The van der Waals surface area contributed by atoms with Crippen molar-refractivity contribution >= 4 is 21.1 Å². The Balaban J connectivity index is 4.63. The minimum atomic E-state index is -5.40. The lowest BCUT2D eigenvalue weighted by atomic mass is 10.3. The summed E-state index contributed by atoms with van der Waals surface area (Å²) in [7, 11) is -10.8. The molecule has 11 heteroatoms. The maximum absolute atomic E-state index is 10.9. The lowest BCUT2D eigenvalue weighted by Gasteiger charge is -2.29. The normalized spacial score (nSPS) is 13.4. The smallest absolute Gasteiger partial charge is 0.368 e. The summed E-state index contributed by atoms with van der Waals surface area (Å²) < 4.78 is 21.9. The highest BCUT2D eigenvalue weighted by atomic mass is 31.2. The molecule has 1 amide bonds. The third-order valence-electron chi connectivity index (χ3n) is 2.27. The fourth-order valence-corrected chi connectivity index (χ4v) is 3.40. The molecule has 0 aromatic carbocycles. The lowest BCUT2D eigenvalue weighted by molar-refractivity contribution is -0.120. The van der Waals surface area contributed by atoms with Gasteiger partial charge < -0.3 is 30.0 Å². The van der Waals surface area contributed by atoms with E-state index in [0.717, 1.165) is 0 Å². The van der Waals surface area contributed by atoms with Crippen LogP contribution < -0.4 is 5.32 Å². The summed E-state index contributed by atoms with van der Waals surface area (Å²) in [6.07, 6.45) is -0.800. The van der Waals surface area contributed by atoms with Crippen molar-refractivity contribution in [2.75, 3.05) is 6.54 Å². The molecule has 0 saturated heterocycles. The van der Waals surface area contributed by atoms with Crippen LogP contribution in [0.15, 0.2) is 0 Å². The van der Waals surface area contributed by atoms with Crippen LogP contribution in [0.4, 0.5) is 0 Å². The fraction of sp³-hybridized carbons (Fsp3) is 0.857. The Morgan fingerprint density at radius 1 is 1.17 bits per heavy atom. The van der Waals surface area contributed by atoms with Crippen molar-refractivity contribution in [1.29, 1.82) is 0 Å². The molecule has 108 valence electrons. The SMILES string of the molecule is CCC(=O)NCCCC(O)(P(=O)(O)O)P(=O)(O)O. The Labute approximate surface area is 104 Å². The molecule has 0 bridgehead atoms. The number of nitrogens with one attached hydrogen (secondary N) is 1. The van der Waals surface area contributed by atoms with Gasteiger partial charge in [0.2, 0.25) is 5.91 Å². The van der Waals surface area contributed by atoms with E-state index in [4.69, 9.17) is 19.6 Å². The van der Waals surface area contributed by atoms with Gasteiger partial charge in [-0.15, -0.1) is 0 Å².